The first-order valence-electron chi connectivity index (χ1n) is 8.39. The molecule has 0 amide bonds. The molecule has 2 saturated heterocycles. The Hall–Kier alpha value is -1.59. The lowest BCUT2D eigenvalue weighted by Gasteiger charge is -2.29. The van der Waals surface area contributed by atoms with Crippen LogP contribution in [-0.4, -0.2) is 48.8 Å². The average Bonchev–Trinajstić information content (AvgIpc) is 2.99. The Kier molecular flexibility index (Phi) is 3.99. The van der Waals surface area contributed by atoms with Gasteiger partial charge in [-0.25, -0.2) is 4.98 Å². The minimum absolute atomic E-state index is 0.715. The molecule has 0 radical (unpaired) electrons. The lowest BCUT2D eigenvalue weighted by atomic mass is 9.96. The molecule has 0 atom stereocenters. The van der Waals surface area contributed by atoms with E-state index in [-0.39, 0.29) is 0 Å². The summed E-state index contributed by atoms with van der Waals surface area (Å²) in [6.45, 7) is 6.11. The number of hydrogen-bond acceptors (Lipinski definition) is 4. The number of pyridine rings is 1. The summed E-state index contributed by atoms with van der Waals surface area (Å²) in [4.78, 5) is 7.11. The third-order valence-corrected chi connectivity index (χ3v) is 4.89. The van der Waals surface area contributed by atoms with Crippen molar-refractivity contribution < 1.29 is 4.74 Å². The molecule has 4 rings (SSSR count). The number of rotatable bonds is 3. The van der Waals surface area contributed by atoms with E-state index in [4.69, 9.17) is 4.74 Å². The molecule has 4 heterocycles. The highest BCUT2D eigenvalue weighted by molar-refractivity contribution is 5.59. The summed E-state index contributed by atoms with van der Waals surface area (Å²) in [5, 5.41) is 3.40. The van der Waals surface area contributed by atoms with Crippen LogP contribution in [-0.2, 0) is 11.2 Å². The maximum atomic E-state index is 5.45. The standard InChI is InChI=1S/C17H24N4O/c1-6-21-16(12-15(1)20-7-4-18-5-8-20)13-19-17(21)11-14-2-9-22-10-3-14/h1,6,12-14,18H,2-5,7-11H2. The van der Waals surface area contributed by atoms with Crippen molar-refractivity contribution in [3.05, 3.63) is 30.4 Å². The molecule has 0 bridgehead atoms. The summed E-state index contributed by atoms with van der Waals surface area (Å²) in [6.07, 6.45) is 7.58. The van der Waals surface area contributed by atoms with Gasteiger partial charge in [-0.3, -0.25) is 0 Å². The topological polar surface area (TPSA) is 41.8 Å². The van der Waals surface area contributed by atoms with Gasteiger partial charge >= 0.3 is 0 Å². The number of imidazole rings is 1. The predicted octanol–water partition coefficient (Wildman–Crippen LogP) is 1.71. The van der Waals surface area contributed by atoms with E-state index in [9.17, 15) is 0 Å². The molecule has 118 valence electrons. The Morgan fingerprint density at radius 1 is 1.23 bits per heavy atom. The van der Waals surface area contributed by atoms with Gasteiger partial charge in [0.25, 0.3) is 0 Å². The van der Waals surface area contributed by atoms with Crippen LogP contribution in [0.15, 0.2) is 24.5 Å². The lowest BCUT2D eigenvalue weighted by Crippen LogP contribution is -2.43. The second-order valence-electron chi connectivity index (χ2n) is 6.35. The molecule has 0 spiro atoms. The first kappa shape index (κ1) is 14.0. The zero-order valence-electron chi connectivity index (χ0n) is 13.0. The number of anilines is 1. The molecule has 2 fully saturated rings. The van der Waals surface area contributed by atoms with E-state index >= 15 is 0 Å². The summed E-state index contributed by atoms with van der Waals surface area (Å²) in [5.74, 6) is 1.90. The van der Waals surface area contributed by atoms with Crippen LogP contribution in [0.4, 0.5) is 5.69 Å². The molecule has 2 aromatic rings. The van der Waals surface area contributed by atoms with E-state index in [1.165, 1.54) is 17.0 Å². The van der Waals surface area contributed by atoms with Gasteiger partial charge in [0.1, 0.15) is 5.82 Å². The largest absolute Gasteiger partial charge is 0.381 e. The number of aromatic nitrogens is 2. The maximum absolute atomic E-state index is 5.45. The Morgan fingerprint density at radius 2 is 2.05 bits per heavy atom. The SMILES string of the molecule is c1cn2c(CC3CCOCC3)ncc2cc1N1CCNCC1. The molecule has 1 N–H and O–H groups in total. The van der Waals surface area contributed by atoms with E-state index in [0.717, 1.165) is 58.7 Å². The fraction of sp³-hybridized carbons (Fsp3) is 0.588. The maximum Gasteiger partial charge on any atom is 0.113 e. The van der Waals surface area contributed by atoms with Crippen molar-refractivity contribution in [3.8, 4) is 0 Å². The van der Waals surface area contributed by atoms with Gasteiger partial charge in [-0.05, 0) is 30.9 Å². The van der Waals surface area contributed by atoms with E-state index in [2.05, 4.69) is 37.9 Å². The normalized spacial score (nSPS) is 20.6. The number of piperazine rings is 1. The van der Waals surface area contributed by atoms with E-state index in [0.29, 0.717) is 5.92 Å². The van der Waals surface area contributed by atoms with Crippen molar-refractivity contribution in [1.82, 2.24) is 14.7 Å². The molecule has 0 unspecified atom stereocenters. The molecular weight excluding hydrogens is 276 g/mol. The number of hydrogen-bond donors (Lipinski definition) is 1. The highest BCUT2D eigenvalue weighted by atomic mass is 16.5. The van der Waals surface area contributed by atoms with Crippen LogP contribution in [0.5, 0.6) is 0 Å². The summed E-state index contributed by atoms with van der Waals surface area (Å²) in [7, 11) is 0. The van der Waals surface area contributed by atoms with Gasteiger partial charge in [-0.1, -0.05) is 0 Å². The molecule has 5 nitrogen and oxygen atoms in total. The van der Waals surface area contributed by atoms with Crippen LogP contribution >= 0.6 is 0 Å². The van der Waals surface area contributed by atoms with Crippen molar-refractivity contribution in [2.75, 3.05) is 44.3 Å². The third-order valence-electron chi connectivity index (χ3n) is 4.89. The number of nitrogens with zero attached hydrogens (tertiary/aromatic N) is 3. The number of ether oxygens (including phenoxy) is 1. The number of nitrogens with one attached hydrogen (secondary N) is 1. The Bertz CT molecular complexity index is 627. The fourth-order valence-corrected chi connectivity index (χ4v) is 3.52. The summed E-state index contributed by atoms with van der Waals surface area (Å²) < 4.78 is 7.70. The van der Waals surface area contributed by atoms with Gasteiger partial charge in [0.2, 0.25) is 0 Å². The quantitative estimate of drug-likeness (QED) is 0.937. The van der Waals surface area contributed by atoms with Crippen molar-refractivity contribution in [2.24, 2.45) is 5.92 Å². The predicted molar refractivity (Wildman–Crippen MR) is 87.5 cm³/mol. The second-order valence-corrected chi connectivity index (χ2v) is 6.35. The summed E-state index contributed by atoms with van der Waals surface area (Å²) in [6, 6.07) is 4.50. The fourth-order valence-electron chi connectivity index (χ4n) is 3.52. The lowest BCUT2D eigenvalue weighted by molar-refractivity contribution is 0.0659. The van der Waals surface area contributed by atoms with Gasteiger partial charge < -0.3 is 19.4 Å². The summed E-state index contributed by atoms with van der Waals surface area (Å²) >= 11 is 0. The third kappa shape index (κ3) is 2.83. The van der Waals surface area contributed by atoms with Crippen molar-refractivity contribution >= 4 is 11.2 Å². The van der Waals surface area contributed by atoms with Gasteiger partial charge in [0, 0.05) is 57.7 Å². The van der Waals surface area contributed by atoms with Crippen LogP contribution in [0.1, 0.15) is 18.7 Å². The number of fused-ring (bicyclic) bond motifs is 1. The van der Waals surface area contributed by atoms with Crippen LogP contribution in [0.25, 0.3) is 5.52 Å². The zero-order chi connectivity index (χ0) is 14.8. The van der Waals surface area contributed by atoms with E-state index in [1.807, 2.05) is 6.20 Å². The minimum atomic E-state index is 0.715. The van der Waals surface area contributed by atoms with Crippen LogP contribution in [0.3, 0.4) is 0 Å². The average molecular weight is 300 g/mol. The van der Waals surface area contributed by atoms with Gasteiger partial charge in [-0.2, -0.15) is 0 Å². The first-order valence-corrected chi connectivity index (χ1v) is 8.39. The van der Waals surface area contributed by atoms with Gasteiger partial charge in [0.15, 0.2) is 0 Å². The molecule has 2 aliphatic heterocycles. The molecule has 0 aromatic carbocycles. The Balaban J connectivity index is 1.54. The molecule has 2 aromatic heterocycles. The molecule has 2 aliphatic rings. The van der Waals surface area contributed by atoms with Crippen molar-refractivity contribution in [3.63, 3.8) is 0 Å². The molecule has 0 saturated carbocycles. The van der Waals surface area contributed by atoms with Crippen molar-refractivity contribution in [2.45, 2.75) is 19.3 Å². The van der Waals surface area contributed by atoms with Crippen molar-refractivity contribution in [1.29, 1.82) is 0 Å². The van der Waals surface area contributed by atoms with Crippen LogP contribution in [0, 0.1) is 5.92 Å². The van der Waals surface area contributed by atoms with Crippen LogP contribution < -0.4 is 10.2 Å². The van der Waals surface area contributed by atoms with E-state index in [1.54, 1.807) is 0 Å². The van der Waals surface area contributed by atoms with Gasteiger partial charge in [0.05, 0.1) is 11.7 Å². The van der Waals surface area contributed by atoms with E-state index < -0.39 is 0 Å². The molecule has 22 heavy (non-hydrogen) atoms. The monoisotopic (exact) mass is 300 g/mol. The van der Waals surface area contributed by atoms with Gasteiger partial charge in [-0.15, -0.1) is 0 Å². The smallest absolute Gasteiger partial charge is 0.113 e. The molecule has 5 heteroatoms. The minimum Gasteiger partial charge on any atom is -0.381 e. The second kappa shape index (κ2) is 6.26. The Morgan fingerprint density at radius 3 is 2.86 bits per heavy atom. The highest BCUT2D eigenvalue weighted by Crippen LogP contribution is 2.22. The molecular formula is C17H24N4O. The zero-order valence-corrected chi connectivity index (χ0v) is 13.0. The molecule has 0 aliphatic carbocycles. The first-order chi connectivity index (χ1) is 10.9. The Labute approximate surface area is 131 Å². The summed E-state index contributed by atoms with van der Waals surface area (Å²) in [5.41, 5.74) is 2.52. The van der Waals surface area contributed by atoms with Crippen LogP contribution in [0.2, 0.25) is 0 Å². The highest BCUT2D eigenvalue weighted by Gasteiger charge is 2.17.